The molecule has 1 heteroatoms. The smallest absolute Gasteiger partial charge is 0.0693 e. The van der Waals surface area contributed by atoms with Crippen molar-refractivity contribution in [3.63, 3.8) is 0 Å². The quantitative estimate of drug-likeness (QED) is 0.667. The van der Waals surface area contributed by atoms with Crippen molar-refractivity contribution < 1.29 is 5.11 Å². The lowest BCUT2D eigenvalue weighted by atomic mass is 9.76. The van der Waals surface area contributed by atoms with E-state index < -0.39 is 5.60 Å². The second-order valence-corrected chi connectivity index (χ2v) is 3.81. The lowest BCUT2D eigenvalue weighted by Gasteiger charge is -2.36. The summed E-state index contributed by atoms with van der Waals surface area (Å²) in [5, 5.41) is 10.2. The molecule has 0 saturated carbocycles. The van der Waals surface area contributed by atoms with Crippen LogP contribution in [0.2, 0.25) is 0 Å². The minimum atomic E-state index is -0.450. The molecular formula is C10H22O. The van der Waals surface area contributed by atoms with Crippen LogP contribution in [0.4, 0.5) is 0 Å². The molecule has 0 aliphatic rings. The van der Waals surface area contributed by atoms with Crippen molar-refractivity contribution in [2.45, 2.75) is 53.1 Å². The Hall–Kier alpha value is -0.0400. The van der Waals surface area contributed by atoms with Gasteiger partial charge in [-0.05, 0) is 18.3 Å². The number of rotatable bonds is 4. The highest BCUT2D eigenvalue weighted by molar-refractivity contribution is 4.84. The Morgan fingerprint density at radius 3 is 1.73 bits per heavy atom. The summed E-state index contributed by atoms with van der Waals surface area (Å²) in [7, 11) is 0. The summed E-state index contributed by atoms with van der Waals surface area (Å²) in [5.41, 5.74) is -0.450. The molecule has 0 bridgehead atoms. The van der Waals surface area contributed by atoms with Crippen LogP contribution in [0.25, 0.3) is 0 Å². The van der Waals surface area contributed by atoms with Crippen molar-refractivity contribution in [2.75, 3.05) is 0 Å². The van der Waals surface area contributed by atoms with Crippen LogP contribution < -0.4 is 0 Å². The summed E-state index contributed by atoms with van der Waals surface area (Å²) >= 11 is 0. The first kappa shape index (κ1) is 11.0. The first-order valence-corrected chi connectivity index (χ1v) is 4.71. The lowest BCUT2D eigenvalue weighted by molar-refractivity contribution is -0.0570. The summed E-state index contributed by atoms with van der Waals surface area (Å²) < 4.78 is 0. The van der Waals surface area contributed by atoms with E-state index >= 15 is 0 Å². The standard InChI is InChI=1S/C10H22O/c1-6-9(5)10(11,7-2)8(3)4/h8-9,11H,6-7H2,1-5H3. The van der Waals surface area contributed by atoms with Gasteiger partial charge in [-0.1, -0.05) is 41.0 Å². The highest BCUT2D eigenvalue weighted by atomic mass is 16.3. The molecule has 2 atom stereocenters. The van der Waals surface area contributed by atoms with E-state index in [9.17, 15) is 5.11 Å². The summed E-state index contributed by atoms with van der Waals surface area (Å²) in [6, 6.07) is 0. The second-order valence-electron chi connectivity index (χ2n) is 3.81. The molecule has 0 radical (unpaired) electrons. The fourth-order valence-electron chi connectivity index (χ4n) is 1.68. The van der Waals surface area contributed by atoms with Crippen LogP contribution in [0, 0.1) is 11.8 Å². The zero-order valence-electron chi connectivity index (χ0n) is 8.52. The average molecular weight is 158 g/mol. The molecule has 0 aliphatic heterocycles. The predicted octanol–water partition coefficient (Wildman–Crippen LogP) is 2.83. The molecule has 0 aromatic rings. The SMILES string of the molecule is CCC(C)C(O)(CC)C(C)C. The third-order valence-electron chi connectivity index (χ3n) is 3.03. The third kappa shape index (κ3) is 2.19. The molecule has 0 rings (SSSR count). The predicted molar refractivity (Wildman–Crippen MR) is 49.5 cm³/mol. The van der Waals surface area contributed by atoms with Crippen LogP contribution in [-0.2, 0) is 0 Å². The molecule has 0 aliphatic carbocycles. The van der Waals surface area contributed by atoms with Crippen LogP contribution in [0.15, 0.2) is 0 Å². The molecular weight excluding hydrogens is 136 g/mol. The summed E-state index contributed by atoms with van der Waals surface area (Å²) in [5.74, 6) is 0.773. The van der Waals surface area contributed by atoms with Crippen molar-refractivity contribution in [1.29, 1.82) is 0 Å². The molecule has 1 nitrogen and oxygen atoms in total. The van der Waals surface area contributed by atoms with Crippen LogP contribution in [0.5, 0.6) is 0 Å². The average Bonchev–Trinajstić information content (AvgIpc) is 2.01. The van der Waals surface area contributed by atoms with Gasteiger partial charge in [-0.25, -0.2) is 0 Å². The van der Waals surface area contributed by atoms with Gasteiger partial charge in [0.2, 0.25) is 0 Å². The molecule has 0 saturated heterocycles. The minimum Gasteiger partial charge on any atom is -0.389 e. The lowest BCUT2D eigenvalue weighted by Crippen LogP contribution is -2.40. The van der Waals surface area contributed by atoms with Gasteiger partial charge >= 0.3 is 0 Å². The van der Waals surface area contributed by atoms with Crippen LogP contribution in [-0.4, -0.2) is 10.7 Å². The maximum atomic E-state index is 10.2. The van der Waals surface area contributed by atoms with Gasteiger partial charge in [-0.3, -0.25) is 0 Å². The fraction of sp³-hybridized carbons (Fsp3) is 1.00. The monoisotopic (exact) mass is 158 g/mol. The van der Waals surface area contributed by atoms with E-state index in [1.165, 1.54) is 0 Å². The Labute approximate surface area is 70.8 Å². The molecule has 0 fully saturated rings. The highest BCUT2D eigenvalue weighted by Crippen LogP contribution is 2.31. The van der Waals surface area contributed by atoms with E-state index in [1.807, 2.05) is 0 Å². The van der Waals surface area contributed by atoms with Crippen LogP contribution in [0.1, 0.15) is 47.5 Å². The maximum absolute atomic E-state index is 10.2. The molecule has 2 unspecified atom stereocenters. The first-order chi connectivity index (χ1) is 4.99. The Balaban J connectivity index is 4.32. The number of hydrogen-bond donors (Lipinski definition) is 1. The topological polar surface area (TPSA) is 20.2 Å². The number of aliphatic hydroxyl groups is 1. The van der Waals surface area contributed by atoms with E-state index in [1.54, 1.807) is 0 Å². The van der Waals surface area contributed by atoms with Gasteiger partial charge in [0.1, 0.15) is 0 Å². The third-order valence-corrected chi connectivity index (χ3v) is 3.03. The Bertz CT molecular complexity index is 109. The molecule has 0 aromatic heterocycles. The van der Waals surface area contributed by atoms with Crippen molar-refractivity contribution in [3.05, 3.63) is 0 Å². The molecule has 0 aromatic carbocycles. The van der Waals surface area contributed by atoms with Gasteiger partial charge in [0.15, 0.2) is 0 Å². The zero-order chi connectivity index (χ0) is 9.07. The Morgan fingerprint density at radius 1 is 1.18 bits per heavy atom. The van der Waals surface area contributed by atoms with Crippen LogP contribution >= 0.6 is 0 Å². The van der Waals surface area contributed by atoms with E-state index in [0.717, 1.165) is 12.8 Å². The van der Waals surface area contributed by atoms with Gasteiger partial charge in [0.05, 0.1) is 5.60 Å². The van der Waals surface area contributed by atoms with Gasteiger partial charge in [0, 0.05) is 0 Å². The summed E-state index contributed by atoms with van der Waals surface area (Å²) in [4.78, 5) is 0. The first-order valence-electron chi connectivity index (χ1n) is 4.71. The molecule has 0 heterocycles. The largest absolute Gasteiger partial charge is 0.389 e. The molecule has 0 spiro atoms. The Kier molecular flexibility index (Phi) is 4.09. The second kappa shape index (κ2) is 4.10. The molecule has 11 heavy (non-hydrogen) atoms. The van der Waals surface area contributed by atoms with E-state index in [2.05, 4.69) is 34.6 Å². The van der Waals surface area contributed by atoms with Gasteiger partial charge in [-0.2, -0.15) is 0 Å². The van der Waals surface area contributed by atoms with Gasteiger partial charge < -0.3 is 5.11 Å². The molecule has 1 N–H and O–H groups in total. The van der Waals surface area contributed by atoms with E-state index in [-0.39, 0.29) is 0 Å². The van der Waals surface area contributed by atoms with Crippen LogP contribution in [0.3, 0.4) is 0 Å². The number of hydrogen-bond acceptors (Lipinski definition) is 1. The van der Waals surface area contributed by atoms with Crippen molar-refractivity contribution in [2.24, 2.45) is 11.8 Å². The normalized spacial score (nSPS) is 19.9. The van der Waals surface area contributed by atoms with E-state index in [4.69, 9.17) is 0 Å². The van der Waals surface area contributed by atoms with E-state index in [0.29, 0.717) is 11.8 Å². The van der Waals surface area contributed by atoms with Gasteiger partial charge in [0.25, 0.3) is 0 Å². The minimum absolute atomic E-state index is 0.363. The maximum Gasteiger partial charge on any atom is 0.0693 e. The van der Waals surface area contributed by atoms with Crippen molar-refractivity contribution >= 4 is 0 Å². The zero-order valence-corrected chi connectivity index (χ0v) is 8.52. The highest BCUT2D eigenvalue weighted by Gasteiger charge is 2.33. The summed E-state index contributed by atoms with van der Waals surface area (Å²) in [6.45, 7) is 10.5. The van der Waals surface area contributed by atoms with Crippen molar-refractivity contribution in [3.8, 4) is 0 Å². The molecule has 0 amide bonds. The Morgan fingerprint density at radius 2 is 1.64 bits per heavy atom. The summed E-state index contributed by atoms with van der Waals surface area (Å²) in [6.07, 6.45) is 1.92. The van der Waals surface area contributed by atoms with Crippen molar-refractivity contribution in [1.82, 2.24) is 0 Å². The molecule has 68 valence electrons. The van der Waals surface area contributed by atoms with Gasteiger partial charge in [-0.15, -0.1) is 0 Å². The fourth-order valence-corrected chi connectivity index (χ4v) is 1.68.